The SMILES string of the molecule is CC(=O)NCCN(c1cccc(C(=O)N2CCC(C(O)(c3ccccc3)c3ccccc3)CC2)c1)c1ncnc2[nH]ccc12. The van der Waals surface area contributed by atoms with Crippen molar-refractivity contribution >= 4 is 34.4 Å². The molecule has 9 nitrogen and oxygen atoms in total. The van der Waals surface area contributed by atoms with E-state index >= 15 is 0 Å². The van der Waals surface area contributed by atoms with Crippen molar-refractivity contribution in [3.05, 3.63) is 120 Å². The van der Waals surface area contributed by atoms with E-state index in [9.17, 15) is 14.7 Å². The van der Waals surface area contributed by atoms with E-state index in [2.05, 4.69) is 20.3 Å². The van der Waals surface area contributed by atoms with Crippen molar-refractivity contribution in [1.82, 2.24) is 25.2 Å². The smallest absolute Gasteiger partial charge is 0.253 e. The molecule has 2 aromatic heterocycles. The first-order valence-corrected chi connectivity index (χ1v) is 15.0. The first-order chi connectivity index (χ1) is 21.4. The maximum Gasteiger partial charge on any atom is 0.253 e. The van der Waals surface area contributed by atoms with Gasteiger partial charge in [0.25, 0.3) is 5.91 Å². The van der Waals surface area contributed by atoms with Gasteiger partial charge in [0.15, 0.2) is 0 Å². The fraction of sp³-hybridized carbons (Fsp3) is 0.257. The number of benzene rings is 3. The Hall–Kier alpha value is -5.02. The number of hydrogen-bond donors (Lipinski definition) is 3. The third-order valence-corrected chi connectivity index (χ3v) is 8.50. The van der Waals surface area contributed by atoms with Crippen LogP contribution in [0, 0.1) is 5.92 Å². The van der Waals surface area contributed by atoms with E-state index in [0.717, 1.165) is 22.2 Å². The van der Waals surface area contributed by atoms with Crippen LogP contribution in [0.5, 0.6) is 0 Å². The Balaban J connectivity index is 1.23. The third-order valence-electron chi connectivity index (χ3n) is 8.50. The average molecular weight is 589 g/mol. The molecule has 9 heteroatoms. The molecule has 0 saturated carbocycles. The minimum Gasteiger partial charge on any atom is -0.380 e. The van der Waals surface area contributed by atoms with Crippen molar-refractivity contribution < 1.29 is 14.7 Å². The van der Waals surface area contributed by atoms with Crippen LogP contribution >= 0.6 is 0 Å². The molecule has 3 aromatic carbocycles. The molecule has 1 aliphatic rings. The topological polar surface area (TPSA) is 114 Å². The number of H-pyrrole nitrogens is 1. The number of anilines is 2. The second-order valence-electron chi connectivity index (χ2n) is 11.2. The molecule has 0 radical (unpaired) electrons. The van der Waals surface area contributed by atoms with Crippen LogP contribution < -0.4 is 10.2 Å². The lowest BCUT2D eigenvalue weighted by atomic mass is 9.72. The number of aromatic amines is 1. The highest BCUT2D eigenvalue weighted by Crippen LogP contribution is 2.42. The number of nitrogens with one attached hydrogen (secondary N) is 2. The largest absolute Gasteiger partial charge is 0.380 e. The number of likely N-dealkylation sites (tertiary alicyclic amines) is 1. The Labute approximate surface area is 256 Å². The second-order valence-corrected chi connectivity index (χ2v) is 11.2. The van der Waals surface area contributed by atoms with Gasteiger partial charge in [0.1, 0.15) is 23.4 Å². The van der Waals surface area contributed by atoms with E-state index in [0.29, 0.717) is 56.0 Å². The van der Waals surface area contributed by atoms with Crippen LogP contribution in [0.25, 0.3) is 11.0 Å². The molecule has 1 fully saturated rings. The van der Waals surface area contributed by atoms with Crippen LogP contribution in [0.4, 0.5) is 11.5 Å². The van der Waals surface area contributed by atoms with Gasteiger partial charge in [0.2, 0.25) is 5.91 Å². The molecule has 3 N–H and O–H groups in total. The first kappa shape index (κ1) is 29.1. The van der Waals surface area contributed by atoms with Gasteiger partial charge in [0, 0.05) is 50.6 Å². The number of aliphatic hydroxyl groups is 1. The fourth-order valence-electron chi connectivity index (χ4n) is 6.29. The van der Waals surface area contributed by atoms with Crippen LogP contribution in [-0.2, 0) is 10.4 Å². The highest BCUT2D eigenvalue weighted by molar-refractivity contribution is 5.96. The number of aromatic nitrogens is 3. The van der Waals surface area contributed by atoms with Crippen molar-refractivity contribution in [3.63, 3.8) is 0 Å². The summed E-state index contributed by atoms with van der Waals surface area (Å²) in [7, 11) is 0. The normalized spacial score (nSPS) is 14.0. The monoisotopic (exact) mass is 588 g/mol. The Morgan fingerprint density at radius 1 is 0.955 bits per heavy atom. The highest BCUT2D eigenvalue weighted by Gasteiger charge is 2.42. The van der Waals surface area contributed by atoms with Crippen LogP contribution in [0.3, 0.4) is 0 Å². The van der Waals surface area contributed by atoms with Crippen molar-refractivity contribution in [3.8, 4) is 0 Å². The maximum atomic E-state index is 13.8. The first-order valence-electron chi connectivity index (χ1n) is 15.0. The van der Waals surface area contributed by atoms with Gasteiger partial charge in [-0.25, -0.2) is 9.97 Å². The predicted octanol–water partition coefficient (Wildman–Crippen LogP) is 5.02. The van der Waals surface area contributed by atoms with E-state index in [1.807, 2.05) is 107 Å². The van der Waals surface area contributed by atoms with Crippen LogP contribution in [0.15, 0.2) is 104 Å². The summed E-state index contributed by atoms with van der Waals surface area (Å²) in [4.78, 5) is 41.3. The summed E-state index contributed by atoms with van der Waals surface area (Å²) in [5, 5.41) is 15.9. The lowest BCUT2D eigenvalue weighted by Gasteiger charge is -2.42. The average Bonchev–Trinajstić information content (AvgIpc) is 3.56. The molecule has 0 spiro atoms. The summed E-state index contributed by atoms with van der Waals surface area (Å²) in [5.74, 6) is 0.476. The van der Waals surface area contributed by atoms with Gasteiger partial charge in [-0.2, -0.15) is 0 Å². The molecule has 0 aliphatic carbocycles. The van der Waals surface area contributed by atoms with Gasteiger partial charge < -0.3 is 25.2 Å². The number of nitrogens with zero attached hydrogens (tertiary/aromatic N) is 4. The Bertz CT molecular complexity index is 1690. The van der Waals surface area contributed by atoms with Crippen molar-refractivity contribution in [2.75, 3.05) is 31.1 Å². The molecular formula is C35H36N6O3. The molecule has 2 amide bonds. The molecule has 6 rings (SSSR count). The van der Waals surface area contributed by atoms with Gasteiger partial charge in [-0.1, -0.05) is 66.7 Å². The number of hydrogen-bond acceptors (Lipinski definition) is 6. The van der Waals surface area contributed by atoms with Crippen molar-refractivity contribution in [1.29, 1.82) is 0 Å². The van der Waals surface area contributed by atoms with Crippen LogP contribution in [0.1, 0.15) is 41.3 Å². The number of amides is 2. The number of fused-ring (bicyclic) bond motifs is 1. The van der Waals surface area contributed by atoms with Crippen molar-refractivity contribution in [2.45, 2.75) is 25.4 Å². The molecule has 1 saturated heterocycles. The third kappa shape index (κ3) is 5.78. The summed E-state index contributed by atoms with van der Waals surface area (Å²) in [6.07, 6.45) is 4.65. The Morgan fingerprint density at radius 2 is 1.64 bits per heavy atom. The van der Waals surface area contributed by atoms with E-state index in [1.165, 1.54) is 13.3 Å². The van der Waals surface area contributed by atoms with E-state index in [4.69, 9.17) is 0 Å². The second kappa shape index (κ2) is 12.7. The van der Waals surface area contributed by atoms with E-state index in [1.54, 1.807) is 0 Å². The zero-order valence-corrected chi connectivity index (χ0v) is 24.7. The molecule has 0 atom stereocenters. The highest BCUT2D eigenvalue weighted by atomic mass is 16.3. The van der Waals surface area contributed by atoms with Gasteiger partial charge in [0.05, 0.1) is 5.39 Å². The zero-order valence-electron chi connectivity index (χ0n) is 24.7. The van der Waals surface area contributed by atoms with Crippen LogP contribution in [-0.4, -0.2) is 63.0 Å². The van der Waals surface area contributed by atoms with Gasteiger partial charge in [-0.05, 0) is 54.2 Å². The van der Waals surface area contributed by atoms with Crippen LogP contribution in [0.2, 0.25) is 0 Å². The molecular weight excluding hydrogens is 552 g/mol. The molecule has 3 heterocycles. The minimum atomic E-state index is -1.15. The van der Waals surface area contributed by atoms with Gasteiger partial charge in [-0.3, -0.25) is 9.59 Å². The zero-order chi connectivity index (χ0) is 30.5. The molecule has 0 bridgehead atoms. The molecule has 0 unspecified atom stereocenters. The summed E-state index contributed by atoms with van der Waals surface area (Å²) in [6, 6.07) is 29.1. The maximum absolute atomic E-state index is 13.8. The Morgan fingerprint density at radius 3 is 2.30 bits per heavy atom. The molecule has 5 aromatic rings. The Kier molecular flexibility index (Phi) is 8.38. The number of carbonyl (C=O) groups excluding carboxylic acids is 2. The van der Waals surface area contributed by atoms with E-state index in [-0.39, 0.29) is 17.7 Å². The lowest BCUT2D eigenvalue weighted by molar-refractivity contribution is -0.118. The molecule has 44 heavy (non-hydrogen) atoms. The van der Waals surface area contributed by atoms with Crippen molar-refractivity contribution in [2.24, 2.45) is 5.92 Å². The minimum absolute atomic E-state index is 0.0477. The number of carbonyl (C=O) groups is 2. The fourth-order valence-corrected chi connectivity index (χ4v) is 6.29. The summed E-state index contributed by atoms with van der Waals surface area (Å²) >= 11 is 0. The molecule has 1 aliphatic heterocycles. The number of piperidine rings is 1. The lowest BCUT2D eigenvalue weighted by Crippen LogP contribution is -2.46. The van der Waals surface area contributed by atoms with E-state index < -0.39 is 5.60 Å². The summed E-state index contributed by atoms with van der Waals surface area (Å²) in [5.41, 5.74) is 2.66. The molecule has 224 valence electrons. The number of rotatable bonds is 9. The van der Waals surface area contributed by atoms with Gasteiger partial charge >= 0.3 is 0 Å². The van der Waals surface area contributed by atoms with Gasteiger partial charge in [-0.15, -0.1) is 0 Å². The quantitative estimate of drug-likeness (QED) is 0.223. The standard InChI is InChI=1S/C35H36N6O3/c1-25(42)36-19-22-41(33-31-15-18-37-32(31)38-24-39-33)30-14-8-9-26(23-30)34(43)40-20-16-29(17-21-40)35(44,27-10-4-2-5-11-27)28-12-6-3-7-13-28/h2-15,18,23-24,29,44H,16-17,19-22H2,1H3,(H,36,42)(H,37,38,39). The summed E-state index contributed by atoms with van der Waals surface area (Å²) in [6.45, 7) is 3.43. The predicted molar refractivity (Wildman–Crippen MR) is 171 cm³/mol. The summed E-state index contributed by atoms with van der Waals surface area (Å²) < 4.78 is 0.